The first-order valence-corrected chi connectivity index (χ1v) is 6.33. The van der Waals surface area contributed by atoms with Crippen LogP contribution < -0.4 is 10.9 Å². The van der Waals surface area contributed by atoms with Crippen molar-refractivity contribution in [1.29, 1.82) is 0 Å². The van der Waals surface area contributed by atoms with Crippen LogP contribution in [0.5, 0.6) is 0 Å². The van der Waals surface area contributed by atoms with Crippen molar-refractivity contribution in [2.75, 3.05) is 13.6 Å². The number of aromatic nitrogens is 2. The minimum Gasteiger partial charge on any atom is -0.320 e. The number of benzene rings is 1. The number of hydrogen-bond donors (Lipinski definition) is 2. The molecule has 1 heterocycles. The standard InChI is InChI=1S/C12H14BrN3O/c1-14-6-2-3-11-15-10-7-8(13)4-5-9(10)12(17)16-11/h4-5,7,14H,2-3,6H2,1H3,(H,15,16,17). The van der Waals surface area contributed by atoms with E-state index in [-0.39, 0.29) is 5.56 Å². The molecular formula is C12H14BrN3O. The molecule has 0 aliphatic carbocycles. The molecule has 0 saturated carbocycles. The lowest BCUT2D eigenvalue weighted by atomic mass is 10.2. The molecule has 0 aliphatic heterocycles. The molecule has 0 radical (unpaired) electrons. The minimum absolute atomic E-state index is 0.0676. The van der Waals surface area contributed by atoms with Gasteiger partial charge < -0.3 is 10.3 Å². The SMILES string of the molecule is CNCCCc1nc2cc(Br)ccc2c(=O)[nH]1. The van der Waals surface area contributed by atoms with E-state index in [0.717, 1.165) is 35.2 Å². The number of fused-ring (bicyclic) bond motifs is 1. The fraction of sp³-hybridized carbons (Fsp3) is 0.333. The Labute approximate surface area is 108 Å². The van der Waals surface area contributed by atoms with Crippen molar-refractivity contribution < 1.29 is 0 Å². The van der Waals surface area contributed by atoms with Crippen molar-refractivity contribution in [3.8, 4) is 0 Å². The van der Waals surface area contributed by atoms with Crippen molar-refractivity contribution in [2.24, 2.45) is 0 Å². The van der Waals surface area contributed by atoms with Crippen LogP contribution in [0.2, 0.25) is 0 Å². The summed E-state index contributed by atoms with van der Waals surface area (Å²) in [7, 11) is 1.91. The third-order valence-electron chi connectivity index (χ3n) is 2.56. The summed E-state index contributed by atoms with van der Waals surface area (Å²) in [5, 5.41) is 3.70. The number of hydrogen-bond acceptors (Lipinski definition) is 3. The van der Waals surface area contributed by atoms with Crippen molar-refractivity contribution in [3.05, 3.63) is 38.9 Å². The molecule has 2 aromatic rings. The molecule has 0 aliphatic rings. The van der Waals surface area contributed by atoms with Crippen LogP contribution in [0.1, 0.15) is 12.2 Å². The normalized spacial score (nSPS) is 10.9. The molecule has 0 atom stereocenters. The summed E-state index contributed by atoms with van der Waals surface area (Å²) in [4.78, 5) is 19.1. The predicted molar refractivity (Wildman–Crippen MR) is 72.3 cm³/mol. The van der Waals surface area contributed by atoms with Crippen molar-refractivity contribution in [3.63, 3.8) is 0 Å². The maximum atomic E-state index is 11.8. The Balaban J connectivity index is 2.36. The lowest BCUT2D eigenvalue weighted by Gasteiger charge is -2.03. The average Bonchev–Trinajstić information content (AvgIpc) is 2.28. The highest BCUT2D eigenvalue weighted by Gasteiger charge is 2.03. The van der Waals surface area contributed by atoms with E-state index in [9.17, 15) is 4.79 Å². The molecule has 5 heteroatoms. The zero-order valence-corrected chi connectivity index (χ0v) is 11.2. The molecule has 0 fully saturated rings. The van der Waals surface area contributed by atoms with Gasteiger partial charge in [-0.05, 0) is 38.2 Å². The number of nitrogens with zero attached hydrogens (tertiary/aromatic N) is 1. The van der Waals surface area contributed by atoms with Crippen molar-refractivity contribution in [2.45, 2.75) is 12.8 Å². The second kappa shape index (κ2) is 5.42. The number of aryl methyl sites for hydroxylation is 1. The summed E-state index contributed by atoms with van der Waals surface area (Å²) in [6.45, 7) is 0.917. The van der Waals surface area contributed by atoms with Gasteiger partial charge in [0.2, 0.25) is 0 Å². The number of halogens is 1. The van der Waals surface area contributed by atoms with E-state index in [2.05, 4.69) is 31.2 Å². The second-order valence-electron chi connectivity index (χ2n) is 3.88. The number of H-pyrrole nitrogens is 1. The fourth-order valence-electron chi connectivity index (χ4n) is 1.71. The molecule has 0 amide bonds. The third kappa shape index (κ3) is 2.92. The molecule has 0 bridgehead atoms. The van der Waals surface area contributed by atoms with Gasteiger partial charge in [-0.2, -0.15) is 0 Å². The Hall–Kier alpha value is -1.20. The Morgan fingerprint density at radius 2 is 2.29 bits per heavy atom. The highest BCUT2D eigenvalue weighted by atomic mass is 79.9. The maximum Gasteiger partial charge on any atom is 0.258 e. The number of aromatic amines is 1. The molecule has 2 rings (SSSR count). The number of nitrogens with one attached hydrogen (secondary N) is 2. The topological polar surface area (TPSA) is 57.8 Å². The van der Waals surface area contributed by atoms with Crippen molar-refractivity contribution in [1.82, 2.24) is 15.3 Å². The summed E-state index contributed by atoms with van der Waals surface area (Å²) >= 11 is 3.38. The van der Waals surface area contributed by atoms with E-state index in [1.165, 1.54) is 0 Å². The van der Waals surface area contributed by atoms with E-state index in [4.69, 9.17) is 0 Å². The minimum atomic E-state index is -0.0676. The monoisotopic (exact) mass is 295 g/mol. The first-order chi connectivity index (χ1) is 8.20. The van der Waals surface area contributed by atoms with Crippen LogP contribution in [0.25, 0.3) is 10.9 Å². The van der Waals surface area contributed by atoms with Gasteiger partial charge in [-0.1, -0.05) is 15.9 Å². The summed E-state index contributed by atoms with van der Waals surface area (Å²) in [5.41, 5.74) is 0.671. The van der Waals surface area contributed by atoms with Crippen LogP contribution in [0.4, 0.5) is 0 Å². The van der Waals surface area contributed by atoms with E-state index in [1.54, 1.807) is 6.07 Å². The van der Waals surface area contributed by atoms with Crippen LogP contribution in [0.3, 0.4) is 0 Å². The third-order valence-corrected chi connectivity index (χ3v) is 3.05. The first-order valence-electron chi connectivity index (χ1n) is 5.54. The zero-order chi connectivity index (χ0) is 12.3. The Bertz CT molecular complexity index is 579. The molecule has 0 spiro atoms. The van der Waals surface area contributed by atoms with E-state index >= 15 is 0 Å². The largest absolute Gasteiger partial charge is 0.320 e. The molecule has 0 saturated heterocycles. The van der Waals surface area contributed by atoms with Crippen LogP contribution in [0.15, 0.2) is 27.5 Å². The van der Waals surface area contributed by atoms with Gasteiger partial charge in [0.15, 0.2) is 0 Å². The molecule has 0 unspecified atom stereocenters. The van der Waals surface area contributed by atoms with Crippen molar-refractivity contribution >= 4 is 26.8 Å². The van der Waals surface area contributed by atoms with Gasteiger partial charge in [-0.3, -0.25) is 4.79 Å². The fourth-order valence-corrected chi connectivity index (χ4v) is 2.06. The second-order valence-corrected chi connectivity index (χ2v) is 4.80. The molecule has 17 heavy (non-hydrogen) atoms. The van der Waals surface area contributed by atoms with Crippen LogP contribution in [0, 0.1) is 0 Å². The molecule has 4 nitrogen and oxygen atoms in total. The smallest absolute Gasteiger partial charge is 0.258 e. The van der Waals surface area contributed by atoms with Gasteiger partial charge in [0.1, 0.15) is 5.82 Å². The van der Waals surface area contributed by atoms with Crippen LogP contribution >= 0.6 is 15.9 Å². The molecule has 1 aromatic heterocycles. The van der Waals surface area contributed by atoms with E-state index in [0.29, 0.717) is 5.39 Å². The van der Waals surface area contributed by atoms with Gasteiger partial charge >= 0.3 is 0 Å². The molecule has 90 valence electrons. The highest BCUT2D eigenvalue weighted by molar-refractivity contribution is 9.10. The Morgan fingerprint density at radius 1 is 1.47 bits per heavy atom. The Morgan fingerprint density at radius 3 is 3.06 bits per heavy atom. The lowest BCUT2D eigenvalue weighted by molar-refractivity contribution is 0.703. The van der Waals surface area contributed by atoms with Crippen LogP contribution in [-0.2, 0) is 6.42 Å². The lowest BCUT2D eigenvalue weighted by Crippen LogP contribution is -2.14. The predicted octanol–water partition coefficient (Wildman–Crippen LogP) is 1.84. The average molecular weight is 296 g/mol. The van der Waals surface area contributed by atoms with Gasteiger partial charge in [0.05, 0.1) is 10.9 Å². The van der Waals surface area contributed by atoms with E-state index < -0.39 is 0 Å². The summed E-state index contributed by atoms with van der Waals surface area (Å²) in [6.07, 6.45) is 1.73. The number of rotatable bonds is 4. The maximum absolute atomic E-state index is 11.8. The molecule has 1 aromatic carbocycles. The molecule has 2 N–H and O–H groups in total. The highest BCUT2D eigenvalue weighted by Crippen LogP contribution is 2.15. The van der Waals surface area contributed by atoms with Gasteiger partial charge in [0, 0.05) is 10.9 Å². The van der Waals surface area contributed by atoms with E-state index in [1.807, 2.05) is 19.2 Å². The van der Waals surface area contributed by atoms with Gasteiger partial charge in [-0.25, -0.2) is 4.98 Å². The van der Waals surface area contributed by atoms with Gasteiger partial charge in [0.25, 0.3) is 5.56 Å². The first kappa shape index (κ1) is 12.3. The summed E-state index contributed by atoms with van der Waals surface area (Å²) < 4.78 is 0.935. The molecular weight excluding hydrogens is 282 g/mol. The van der Waals surface area contributed by atoms with Gasteiger partial charge in [-0.15, -0.1) is 0 Å². The zero-order valence-electron chi connectivity index (χ0n) is 9.59. The Kier molecular flexibility index (Phi) is 3.91. The summed E-state index contributed by atoms with van der Waals surface area (Å²) in [5.74, 6) is 0.746. The van der Waals surface area contributed by atoms with Crippen LogP contribution in [-0.4, -0.2) is 23.6 Å². The quantitative estimate of drug-likeness (QED) is 0.846. The summed E-state index contributed by atoms with van der Waals surface area (Å²) in [6, 6.07) is 5.49.